The van der Waals surface area contributed by atoms with Crippen LogP contribution in [0.3, 0.4) is 0 Å². The van der Waals surface area contributed by atoms with Crippen molar-refractivity contribution in [2.75, 3.05) is 6.61 Å². The zero-order chi connectivity index (χ0) is 24.2. The molecule has 3 rings (SSSR count). The van der Waals surface area contributed by atoms with Gasteiger partial charge in [0.25, 0.3) is 5.56 Å². The fraction of sp³-hybridized carbons (Fsp3) is 0.440. The Kier molecular flexibility index (Phi) is 7.36. The van der Waals surface area contributed by atoms with E-state index in [0.717, 1.165) is 18.4 Å². The van der Waals surface area contributed by atoms with Crippen molar-refractivity contribution < 1.29 is 14.3 Å². The molecule has 0 amide bonds. The van der Waals surface area contributed by atoms with Gasteiger partial charge in [-0.2, -0.15) is 5.10 Å². The average Bonchev–Trinajstić information content (AvgIpc) is 3.05. The molecule has 0 aliphatic rings. The van der Waals surface area contributed by atoms with Crippen molar-refractivity contribution in [3.05, 3.63) is 45.9 Å². The number of aromatic amines is 1. The van der Waals surface area contributed by atoms with Gasteiger partial charge in [-0.1, -0.05) is 19.9 Å². The molecule has 0 saturated heterocycles. The second-order valence-electron chi connectivity index (χ2n) is 8.89. The number of esters is 1. The molecular weight excluding hydrogens is 420 g/mol. The highest BCUT2D eigenvalue weighted by Gasteiger charge is 2.18. The number of nitrogens with one attached hydrogen (secondary N) is 1. The number of carbonyl (C=O) groups is 1. The van der Waals surface area contributed by atoms with Crippen LogP contribution in [0, 0.1) is 6.92 Å². The normalized spacial score (nSPS) is 11.9. The molecule has 0 atom stereocenters. The SMILES string of the molecule is CCCOc1ccc(/C=C/C(=O)OC(C)(C)C)cc1-c1nc2c(c(C)nn2CCC)c(=O)[nH]1. The molecule has 0 bridgehead atoms. The van der Waals surface area contributed by atoms with E-state index in [1.165, 1.54) is 6.08 Å². The lowest BCUT2D eigenvalue weighted by atomic mass is 10.1. The number of benzene rings is 1. The van der Waals surface area contributed by atoms with Gasteiger partial charge in [0.2, 0.25) is 0 Å². The number of aryl methyl sites for hydroxylation is 2. The monoisotopic (exact) mass is 452 g/mol. The van der Waals surface area contributed by atoms with E-state index < -0.39 is 11.6 Å². The van der Waals surface area contributed by atoms with Crippen LogP contribution in [0.4, 0.5) is 0 Å². The van der Waals surface area contributed by atoms with Gasteiger partial charge in [-0.3, -0.25) is 4.79 Å². The lowest BCUT2D eigenvalue weighted by Crippen LogP contribution is -2.22. The van der Waals surface area contributed by atoms with E-state index in [4.69, 9.17) is 14.5 Å². The van der Waals surface area contributed by atoms with Crippen LogP contribution < -0.4 is 10.3 Å². The van der Waals surface area contributed by atoms with Crippen LogP contribution in [0.15, 0.2) is 29.1 Å². The Hall–Kier alpha value is -3.42. The van der Waals surface area contributed by atoms with Crippen molar-refractivity contribution in [3.63, 3.8) is 0 Å². The van der Waals surface area contributed by atoms with Gasteiger partial charge in [-0.15, -0.1) is 0 Å². The summed E-state index contributed by atoms with van der Waals surface area (Å²) in [5.74, 6) is 0.567. The first-order valence-corrected chi connectivity index (χ1v) is 11.3. The number of nitrogens with zero attached hydrogens (tertiary/aromatic N) is 3. The Morgan fingerprint density at radius 2 is 1.97 bits per heavy atom. The van der Waals surface area contributed by atoms with Crippen molar-refractivity contribution in [1.29, 1.82) is 0 Å². The largest absolute Gasteiger partial charge is 0.493 e. The Labute approximate surface area is 193 Å². The fourth-order valence-electron chi connectivity index (χ4n) is 3.42. The number of rotatable bonds is 8. The van der Waals surface area contributed by atoms with Gasteiger partial charge in [0.15, 0.2) is 5.65 Å². The van der Waals surface area contributed by atoms with Crippen molar-refractivity contribution in [2.24, 2.45) is 0 Å². The minimum Gasteiger partial charge on any atom is -0.493 e. The van der Waals surface area contributed by atoms with Gasteiger partial charge in [0.1, 0.15) is 22.6 Å². The summed E-state index contributed by atoms with van der Waals surface area (Å²) in [5.41, 5.74) is 1.77. The molecule has 0 aliphatic heterocycles. The van der Waals surface area contributed by atoms with Gasteiger partial charge in [-0.25, -0.2) is 14.5 Å². The van der Waals surface area contributed by atoms with Gasteiger partial charge in [0, 0.05) is 12.6 Å². The fourth-order valence-corrected chi connectivity index (χ4v) is 3.42. The first-order chi connectivity index (χ1) is 15.6. The van der Waals surface area contributed by atoms with E-state index in [0.29, 0.717) is 47.0 Å². The molecule has 3 aromatic rings. The Morgan fingerprint density at radius 1 is 1.21 bits per heavy atom. The third kappa shape index (κ3) is 5.88. The van der Waals surface area contributed by atoms with Crippen molar-refractivity contribution in [1.82, 2.24) is 19.7 Å². The zero-order valence-electron chi connectivity index (χ0n) is 20.2. The van der Waals surface area contributed by atoms with E-state index in [1.807, 2.05) is 59.7 Å². The van der Waals surface area contributed by atoms with Crippen molar-refractivity contribution >= 4 is 23.1 Å². The highest BCUT2D eigenvalue weighted by Crippen LogP contribution is 2.30. The summed E-state index contributed by atoms with van der Waals surface area (Å²) in [6.07, 6.45) is 4.76. The summed E-state index contributed by atoms with van der Waals surface area (Å²) in [7, 11) is 0. The number of hydrogen-bond donors (Lipinski definition) is 1. The van der Waals surface area contributed by atoms with Crippen LogP contribution in [-0.4, -0.2) is 37.9 Å². The molecule has 176 valence electrons. The van der Waals surface area contributed by atoms with Crippen LogP contribution >= 0.6 is 0 Å². The van der Waals surface area contributed by atoms with Gasteiger partial charge in [0.05, 0.1) is 17.9 Å². The van der Waals surface area contributed by atoms with Crippen LogP contribution in [-0.2, 0) is 16.1 Å². The summed E-state index contributed by atoms with van der Waals surface area (Å²) < 4.78 is 13.0. The number of H-pyrrole nitrogens is 1. The molecule has 8 nitrogen and oxygen atoms in total. The maximum Gasteiger partial charge on any atom is 0.331 e. The molecule has 1 aromatic carbocycles. The zero-order valence-corrected chi connectivity index (χ0v) is 20.2. The summed E-state index contributed by atoms with van der Waals surface area (Å²) in [6.45, 7) is 12.5. The Balaban J connectivity index is 2.08. The molecule has 0 spiro atoms. The summed E-state index contributed by atoms with van der Waals surface area (Å²) in [4.78, 5) is 32.6. The molecule has 0 saturated carbocycles. The van der Waals surface area contributed by atoms with Crippen LogP contribution in [0.5, 0.6) is 5.75 Å². The highest BCUT2D eigenvalue weighted by molar-refractivity contribution is 5.88. The smallest absolute Gasteiger partial charge is 0.331 e. The minimum atomic E-state index is -0.567. The molecule has 2 aromatic heterocycles. The summed E-state index contributed by atoms with van der Waals surface area (Å²) in [5, 5.41) is 4.97. The van der Waals surface area contributed by atoms with E-state index in [9.17, 15) is 9.59 Å². The third-order valence-electron chi connectivity index (χ3n) is 4.75. The quantitative estimate of drug-likeness (QED) is 0.395. The van der Waals surface area contributed by atoms with Crippen molar-refractivity contribution in [2.45, 2.75) is 66.5 Å². The molecular formula is C25H32N4O4. The predicted octanol–water partition coefficient (Wildman–Crippen LogP) is 4.65. The molecule has 2 heterocycles. The van der Waals surface area contributed by atoms with Crippen LogP contribution in [0.2, 0.25) is 0 Å². The lowest BCUT2D eigenvalue weighted by Gasteiger charge is -2.17. The maximum atomic E-state index is 12.9. The van der Waals surface area contributed by atoms with E-state index in [1.54, 1.807) is 10.8 Å². The van der Waals surface area contributed by atoms with Crippen molar-refractivity contribution in [3.8, 4) is 17.1 Å². The number of hydrogen-bond acceptors (Lipinski definition) is 6. The van der Waals surface area contributed by atoms with Gasteiger partial charge < -0.3 is 14.5 Å². The Morgan fingerprint density at radius 3 is 2.64 bits per heavy atom. The predicted molar refractivity (Wildman–Crippen MR) is 129 cm³/mol. The first kappa shape index (κ1) is 24.2. The van der Waals surface area contributed by atoms with Gasteiger partial charge in [-0.05, 0) is 64.3 Å². The third-order valence-corrected chi connectivity index (χ3v) is 4.75. The number of carbonyl (C=O) groups excluding carboxylic acids is 1. The first-order valence-electron chi connectivity index (χ1n) is 11.3. The van der Waals surface area contributed by atoms with E-state index in [2.05, 4.69) is 10.1 Å². The Bertz CT molecular complexity index is 1230. The van der Waals surface area contributed by atoms with E-state index in [-0.39, 0.29) is 5.56 Å². The summed E-state index contributed by atoms with van der Waals surface area (Å²) in [6, 6.07) is 5.50. The van der Waals surface area contributed by atoms with E-state index >= 15 is 0 Å². The van der Waals surface area contributed by atoms with Crippen LogP contribution in [0.25, 0.3) is 28.5 Å². The highest BCUT2D eigenvalue weighted by atomic mass is 16.6. The average molecular weight is 453 g/mol. The molecule has 8 heteroatoms. The number of aromatic nitrogens is 4. The second kappa shape index (κ2) is 10.0. The molecule has 0 unspecified atom stereocenters. The summed E-state index contributed by atoms with van der Waals surface area (Å²) >= 11 is 0. The second-order valence-corrected chi connectivity index (χ2v) is 8.89. The van der Waals surface area contributed by atoms with Crippen LogP contribution in [0.1, 0.15) is 58.7 Å². The minimum absolute atomic E-state index is 0.244. The van der Waals surface area contributed by atoms with Gasteiger partial charge >= 0.3 is 5.97 Å². The topological polar surface area (TPSA) is 99.1 Å². The maximum absolute atomic E-state index is 12.9. The number of ether oxygens (including phenoxy) is 2. The standard InChI is InChI=1S/C25H32N4O4/c1-7-13-29-23-21(16(3)28-29)24(31)27-22(26-23)18-15-17(9-11-19(18)32-14-8-2)10-12-20(30)33-25(4,5)6/h9-12,15H,7-8,13-14H2,1-6H3,(H,26,27,31)/b12-10+. The molecule has 0 aliphatic carbocycles. The number of fused-ring (bicyclic) bond motifs is 1. The molecule has 0 radical (unpaired) electrons. The lowest BCUT2D eigenvalue weighted by molar-refractivity contribution is -0.148. The molecule has 33 heavy (non-hydrogen) atoms. The molecule has 1 N–H and O–H groups in total. The molecule has 0 fully saturated rings.